The van der Waals surface area contributed by atoms with Crippen molar-refractivity contribution in [3.05, 3.63) is 12.2 Å². The summed E-state index contributed by atoms with van der Waals surface area (Å²) in [6.07, 6.45) is 13.8. The van der Waals surface area contributed by atoms with Crippen molar-refractivity contribution in [3.63, 3.8) is 0 Å². The molecule has 0 aromatic heterocycles. The summed E-state index contributed by atoms with van der Waals surface area (Å²) in [4.78, 5) is 40.2. The Morgan fingerprint density at radius 1 is 1.33 bits per heavy atom. The van der Waals surface area contributed by atoms with Crippen molar-refractivity contribution >= 4 is 17.7 Å². The molecule has 1 saturated carbocycles. The molecule has 0 aromatic rings. The number of hydrogen-bond acceptors (Lipinski definition) is 4. The maximum absolute atomic E-state index is 13.2. The molecule has 0 radical (unpaired) electrons. The summed E-state index contributed by atoms with van der Waals surface area (Å²) < 4.78 is 6.13. The van der Waals surface area contributed by atoms with Crippen molar-refractivity contribution in [2.45, 2.75) is 55.9 Å². The van der Waals surface area contributed by atoms with Crippen LogP contribution in [0.5, 0.6) is 0 Å². The number of nitrogens with zero attached hydrogens (tertiary/aromatic N) is 1. The second-order valence-corrected chi connectivity index (χ2v) is 7.83. The van der Waals surface area contributed by atoms with Gasteiger partial charge in [-0.2, -0.15) is 0 Å². The average Bonchev–Trinajstić information content (AvgIpc) is 3.30. The lowest BCUT2D eigenvalue weighted by Gasteiger charge is -2.33. The molecular formula is C20H25N3O4. The van der Waals surface area contributed by atoms with Gasteiger partial charge < -0.3 is 20.3 Å². The van der Waals surface area contributed by atoms with Crippen LogP contribution >= 0.6 is 0 Å². The van der Waals surface area contributed by atoms with Gasteiger partial charge in [-0.1, -0.05) is 37.3 Å². The Bertz CT molecular complexity index is 736. The minimum atomic E-state index is -1.12. The second kappa shape index (κ2) is 6.68. The number of likely N-dealkylation sites (tertiary alicyclic amines) is 1. The van der Waals surface area contributed by atoms with Gasteiger partial charge in [-0.25, -0.2) is 0 Å². The number of amides is 3. The quantitative estimate of drug-likeness (QED) is 0.536. The molecule has 1 aliphatic carbocycles. The minimum Gasteiger partial charge on any atom is -0.359 e. The van der Waals surface area contributed by atoms with Crippen molar-refractivity contribution in [2.75, 3.05) is 13.6 Å². The molecule has 2 bridgehead atoms. The number of rotatable bonds is 4. The van der Waals surface area contributed by atoms with Crippen molar-refractivity contribution in [1.29, 1.82) is 0 Å². The topological polar surface area (TPSA) is 87.7 Å². The van der Waals surface area contributed by atoms with E-state index in [1.54, 1.807) is 12.2 Å². The lowest BCUT2D eigenvalue weighted by Crippen LogP contribution is -2.56. The van der Waals surface area contributed by atoms with E-state index in [-0.39, 0.29) is 30.3 Å². The Morgan fingerprint density at radius 3 is 2.74 bits per heavy atom. The third-order valence-electron chi connectivity index (χ3n) is 6.38. The number of carbonyl (C=O) groups excluding carboxylic acids is 3. The standard InChI is InChI=1S/C20H25N3O4/c1-3-11-23-16(18(25)22-12-7-5-4-6-8-12)20-10-9-13(27-20)14(17(24)21-2)15(20)19(23)26/h1,9-10,12-16H,4-8,11H2,2H3,(H,21,24)(H,22,25)/t13-,14+,15+,16-,20+/m0/s1. The fourth-order valence-electron chi connectivity index (χ4n) is 5.23. The predicted molar refractivity (Wildman–Crippen MR) is 97.1 cm³/mol. The van der Waals surface area contributed by atoms with Gasteiger partial charge in [-0.05, 0) is 12.8 Å². The molecule has 2 N–H and O–H groups in total. The van der Waals surface area contributed by atoms with Gasteiger partial charge in [0.1, 0.15) is 11.6 Å². The minimum absolute atomic E-state index is 0.0160. The van der Waals surface area contributed by atoms with Crippen molar-refractivity contribution in [1.82, 2.24) is 15.5 Å². The van der Waals surface area contributed by atoms with Gasteiger partial charge in [0.25, 0.3) is 0 Å². The Hall–Kier alpha value is -2.33. The first-order chi connectivity index (χ1) is 13.0. The highest BCUT2D eigenvalue weighted by Crippen LogP contribution is 2.54. The van der Waals surface area contributed by atoms with Gasteiger partial charge in [0.05, 0.1) is 24.5 Å². The van der Waals surface area contributed by atoms with Crippen LogP contribution < -0.4 is 10.6 Å². The molecule has 3 amide bonds. The molecule has 7 heteroatoms. The number of nitrogens with one attached hydrogen (secondary N) is 2. The molecule has 0 unspecified atom stereocenters. The number of hydrogen-bond donors (Lipinski definition) is 2. The smallest absolute Gasteiger partial charge is 0.246 e. The first-order valence-corrected chi connectivity index (χ1v) is 9.66. The van der Waals surface area contributed by atoms with Crippen LogP contribution in [0.1, 0.15) is 32.1 Å². The van der Waals surface area contributed by atoms with E-state index in [1.165, 1.54) is 18.4 Å². The van der Waals surface area contributed by atoms with Crippen LogP contribution in [0.2, 0.25) is 0 Å². The van der Waals surface area contributed by atoms with Crippen LogP contribution in [-0.2, 0) is 19.1 Å². The van der Waals surface area contributed by atoms with Crippen molar-refractivity contribution in [2.24, 2.45) is 11.8 Å². The van der Waals surface area contributed by atoms with E-state index in [0.29, 0.717) is 0 Å². The van der Waals surface area contributed by atoms with Gasteiger partial charge >= 0.3 is 0 Å². The average molecular weight is 371 g/mol. The number of ether oxygens (including phenoxy) is 1. The zero-order chi connectivity index (χ0) is 19.2. The third kappa shape index (κ3) is 2.58. The highest BCUT2D eigenvalue weighted by molar-refractivity contribution is 6.00. The normalized spacial score (nSPS) is 37.2. The van der Waals surface area contributed by atoms with Gasteiger partial charge in [-0.15, -0.1) is 6.42 Å². The van der Waals surface area contributed by atoms with Crippen LogP contribution in [0.15, 0.2) is 12.2 Å². The fraction of sp³-hybridized carbons (Fsp3) is 0.650. The van der Waals surface area contributed by atoms with E-state index in [4.69, 9.17) is 11.2 Å². The lowest BCUT2D eigenvalue weighted by molar-refractivity contribution is -0.141. The molecule has 5 atom stereocenters. The fourth-order valence-corrected chi connectivity index (χ4v) is 5.23. The van der Waals surface area contributed by atoms with E-state index in [1.807, 2.05) is 0 Å². The summed E-state index contributed by atoms with van der Waals surface area (Å²) in [5.41, 5.74) is -1.12. The summed E-state index contributed by atoms with van der Waals surface area (Å²) in [5.74, 6) is 0.346. The Morgan fingerprint density at radius 2 is 2.07 bits per heavy atom. The molecule has 1 spiro atoms. The lowest BCUT2D eigenvalue weighted by atomic mass is 9.74. The van der Waals surface area contributed by atoms with Crippen molar-refractivity contribution in [3.8, 4) is 12.3 Å². The Balaban J connectivity index is 1.66. The summed E-state index contributed by atoms with van der Waals surface area (Å²) in [6.45, 7) is 0.0160. The molecule has 27 heavy (non-hydrogen) atoms. The zero-order valence-corrected chi connectivity index (χ0v) is 15.4. The van der Waals surface area contributed by atoms with Crippen LogP contribution in [-0.4, -0.2) is 60.0 Å². The van der Waals surface area contributed by atoms with Crippen molar-refractivity contribution < 1.29 is 19.1 Å². The summed E-state index contributed by atoms with van der Waals surface area (Å²) >= 11 is 0. The molecule has 7 nitrogen and oxygen atoms in total. The van der Waals surface area contributed by atoms with Gasteiger partial charge in [0.15, 0.2) is 0 Å². The van der Waals surface area contributed by atoms with Crippen LogP contribution in [0, 0.1) is 24.2 Å². The third-order valence-corrected chi connectivity index (χ3v) is 6.38. The molecule has 0 aromatic carbocycles. The molecule has 4 rings (SSSR count). The van der Waals surface area contributed by atoms with Crippen LogP contribution in [0.3, 0.4) is 0 Å². The SMILES string of the molecule is C#CCN1C(=O)[C@H]2[C@H](C(=O)NC)[C@@H]3C=C[C@]2(O3)[C@@H]1C(=O)NC1CCCCC1. The second-order valence-electron chi connectivity index (χ2n) is 7.83. The molecule has 144 valence electrons. The van der Waals surface area contributed by atoms with E-state index in [9.17, 15) is 14.4 Å². The summed E-state index contributed by atoms with van der Waals surface area (Å²) in [6, 6.07) is -0.731. The monoisotopic (exact) mass is 371 g/mol. The first kappa shape index (κ1) is 18.1. The zero-order valence-electron chi connectivity index (χ0n) is 15.4. The van der Waals surface area contributed by atoms with E-state index >= 15 is 0 Å². The predicted octanol–water partition coefficient (Wildman–Crippen LogP) is -0.0349. The van der Waals surface area contributed by atoms with Gasteiger partial charge in [-0.3, -0.25) is 14.4 Å². The summed E-state index contributed by atoms with van der Waals surface area (Å²) in [7, 11) is 1.54. The number of fused-ring (bicyclic) bond motifs is 1. The van der Waals surface area contributed by atoms with Gasteiger partial charge in [0.2, 0.25) is 17.7 Å². The molecule has 2 saturated heterocycles. The molecule has 3 aliphatic heterocycles. The summed E-state index contributed by atoms with van der Waals surface area (Å²) in [5, 5.41) is 5.72. The van der Waals surface area contributed by atoms with E-state index in [2.05, 4.69) is 16.6 Å². The Labute approximate surface area is 158 Å². The highest BCUT2D eigenvalue weighted by Gasteiger charge is 2.72. The Kier molecular flexibility index (Phi) is 4.47. The number of terminal acetylenes is 1. The molecule has 3 heterocycles. The largest absolute Gasteiger partial charge is 0.359 e. The maximum Gasteiger partial charge on any atom is 0.246 e. The highest BCUT2D eigenvalue weighted by atomic mass is 16.5. The molecule has 3 fully saturated rings. The molecular weight excluding hydrogens is 346 g/mol. The number of carbonyl (C=O) groups is 3. The van der Waals surface area contributed by atoms with Crippen LogP contribution in [0.25, 0.3) is 0 Å². The van der Waals surface area contributed by atoms with E-state index < -0.39 is 29.6 Å². The van der Waals surface area contributed by atoms with E-state index in [0.717, 1.165) is 25.7 Å². The van der Waals surface area contributed by atoms with Gasteiger partial charge in [0, 0.05) is 13.1 Å². The maximum atomic E-state index is 13.2. The van der Waals surface area contributed by atoms with Crippen LogP contribution in [0.4, 0.5) is 0 Å². The molecule has 4 aliphatic rings. The first-order valence-electron chi connectivity index (χ1n) is 9.66.